The van der Waals surface area contributed by atoms with Gasteiger partial charge in [-0.3, -0.25) is 4.57 Å². The molecule has 114 valence electrons. The maximum absolute atomic E-state index is 11.1. The molecule has 1 atom stereocenters. The molecule has 0 amide bonds. The summed E-state index contributed by atoms with van der Waals surface area (Å²) in [7, 11) is -1.05. The molecule has 2 aromatic carbocycles. The smallest absolute Gasteiger partial charge is 0.319 e. The van der Waals surface area contributed by atoms with Crippen LogP contribution in [0.4, 0.5) is 0 Å². The van der Waals surface area contributed by atoms with E-state index in [0.717, 1.165) is 22.3 Å². The van der Waals surface area contributed by atoms with E-state index in [0.29, 0.717) is 0 Å². The largest absolute Gasteiger partial charge is 0.392 e. The van der Waals surface area contributed by atoms with Crippen molar-refractivity contribution in [2.24, 2.45) is 0 Å². The highest BCUT2D eigenvalue weighted by Crippen LogP contribution is 2.23. The van der Waals surface area contributed by atoms with Gasteiger partial charge in [-0.05, 0) is 35.4 Å². The molecule has 0 saturated heterocycles. The normalized spacial score (nSPS) is 11.5. The summed E-state index contributed by atoms with van der Waals surface area (Å²) in [6.07, 6.45) is 0. The fourth-order valence-corrected chi connectivity index (χ4v) is 2.18. The van der Waals surface area contributed by atoms with Gasteiger partial charge in [0.1, 0.15) is 0 Å². The zero-order valence-corrected chi connectivity index (χ0v) is 13.2. The summed E-state index contributed by atoms with van der Waals surface area (Å²) in [4.78, 5) is 0. The first-order chi connectivity index (χ1) is 10.7. The van der Waals surface area contributed by atoms with E-state index in [1.807, 2.05) is 48.5 Å². The van der Waals surface area contributed by atoms with Gasteiger partial charge in [0.25, 0.3) is 0 Å². The Morgan fingerprint density at radius 2 is 1.77 bits per heavy atom. The SMILES string of the molecule is CO[PH](=O)OCc1cccc(C#Cc2ccc(CO)cc2)c1. The van der Waals surface area contributed by atoms with Crippen LogP contribution in [0, 0.1) is 11.8 Å². The van der Waals surface area contributed by atoms with Gasteiger partial charge in [-0.25, -0.2) is 0 Å². The highest BCUT2D eigenvalue weighted by Gasteiger charge is 1.99. The molecule has 2 rings (SSSR count). The lowest BCUT2D eigenvalue weighted by atomic mass is 10.1. The summed E-state index contributed by atoms with van der Waals surface area (Å²) >= 11 is 0. The Labute approximate surface area is 130 Å². The maximum Gasteiger partial charge on any atom is 0.319 e. The number of rotatable bonds is 5. The zero-order chi connectivity index (χ0) is 15.8. The van der Waals surface area contributed by atoms with Crippen LogP contribution in [0.25, 0.3) is 0 Å². The Kier molecular flexibility index (Phi) is 6.39. The third kappa shape index (κ3) is 5.14. The Balaban J connectivity index is 2.06. The van der Waals surface area contributed by atoms with Gasteiger partial charge in [0, 0.05) is 18.2 Å². The van der Waals surface area contributed by atoms with E-state index in [-0.39, 0.29) is 13.2 Å². The molecule has 0 aliphatic heterocycles. The molecule has 0 saturated carbocycles. The third-order valence-corrected chi connectivity index (χ3v) is 3.65. The fraction of sp³-hybridized carbons (Fsp3) is 0.176. The summed E-state index contributed by atoms with van der Waals surface area (Å²) in [5.74, 6) is 6.13. The minimum absolute atomic E-state index is 0.0281. The molecule has 0 fully saturated rings. The van der Waals surface area contributed by atoms with Crippen LogP contribution in [0.5, 0.6) is 0 Å². The zero-order valence-electron chi connectivity index (χ0n) is 12.2. The van der Waals surface area contributed by atoms with Crippen LogP contribution in [-0.2, 0) is 26.8 Å². The maximum atomic E-state index is 11.1. The van der Waals surface area contributed by atoms with Crippen molar-refractivity contribution in [3.63, 3.8) is 0 Å². The third-order valence-electron chi connectivity index (χ3n) is 2.94. The van der Waals surface area contributed by atoms with Gasteiger partial charge >= 0.3 is 8.25 Å². The molecule has 5 heteroatoms. The number of aliphatic hydroxyl groups is 1. The molecule has 0 heterocycles. The molecule has 0 bridgehead atoms. The summed E-state index contributed by atoms with van der Waals surface area (Å²) in [6, 6.07) is 15.0. The lowest BCUT2D eigenvalue weighted by Gasteiger charge is -2.03. The van der Waals surface area contributed by atoms with Gasteiger partial charge in [0.2, 0.25) is 0 Å². The molecular weight excluding hydrogens is 299 g/mol. The Bertz CT molecular complexity index is 699. The van der Waals surface area contributed by atoms with E-state index in [9.17, 15) is 4.57 Å². The Hall–Kier alpha value is -1.89. The van der Waals surface area contributed by atoms with Gasteiger partial charge in [-0.15, -0.1) is 0 Å². The summed E-state index contributed by atoms with van der Waals surface area (Å²) in [5, 5.41) is 9.00. The van der Waals surface area contributed by atoms with E-state index in [1.54, 1.807) is 0 Å². The van der Waals surface area contributed by atoms with E-state index in [1.165, 1.54) is 7.11 Å². The van der Waals surface area contributed by atoms with Crippen molar-refractivity contribution in [1.29, 1.82) is 0 Å². The van der Waals surface area contributed by atoms with Gasteiger partial charge in [0.05, 0.1) is 13.2 Å². The van der Waals surface area contributed by atoms with E-state index < -0.39 is 8.25 Å². The monoisotopic (exact) mass is 316 g/mol. The summed E-state index contributed by atoms with van der Waals surface area (Å²) < 4.78 is 20.8. The molecule has 0 aromatic heterocycles. The van der Waals surface area contributed by atoms with Gasteiger partial charge < -0.3 is 14.2 Å². The predicted octanol–water partition coefficient (Wildman–Crippen LogP) is 3.13. The van der Waals surface area contributed by atoms with Crippen LogP contribution < -0.4 is 0 Å². The molecular formula is C17H17O4P. The number of benzene rings is 2. The number of hydrogen-bond donors (Lipinski definition) is 1. The summed E-state index contributed by atoms with van der Waals surface area (Å²) in [5.41, 5.74) is 3.48. The standard InChI is InChI=1S/C17H17O4P/c1-20-22(19)21-13-17-4-2-3-15(11-17)8-5-14-6-9-16(12-18)10-7-14/h2-4,6-7,9-11,18,22H,12-13H2,1H3. The molecule has 2 aromatic rings. The van der Waals surface area contributed by atoms with E-state index >= 15 is 0 Å². The van der Waals surface area contributed by atoms with Crippen molar-refractivity contribution in [2.75, 3.05) is 7.11 Å². The van der Waals surface area contributed by atoms with Crippen LogP contribution in [0.1, 0.15) is 22.3 Å². The van der Waals surface area contributed by atoms with Crippen molar-refractivity contribution in [2.45, 2.75) is 13.2 Å². The first kappa shape index (κ1) is 16.5. The van der Waals surface area contributed by atoms with Crippen LogP contribution in [0.15, 0.2) is 48.5 Å². The molecule has 0 radical (unpaired) electrons. The fourth-order valence-electron chi connectivity index (χ4n) is 1.78. The molecule has 4 nitrogen and oxygen atoms in total. The molecule has 0 aliphatic carbocycles. The van der Waals surface area contributed by atoms with E-state index in [4.69, 9.17) is 9.63 Å². The van der Waals surface area contributed by atoms with Crippen LogP contribution in [-0.4, -0.2) is 12.2 Å². The number of aliphatic hydroxyl groups excluding tert-OH is 1. The van der Waals surface area contributed by atoms with Crippen LogP contribution >= 0.6 is 8.25 Å². The van der Waals surface area contributed by atoms with Crippen molar-refractivity contribution in [3.05, 3.63) is 70.8 Å². The number of hydrogen-bond acceptors (Lipinski definition) is 4. The Morgan fingerprint density at radius 1 is 1.05 bits per heavy atom. The van der Waals surface area contributed by atoms with Crippen LogP contribution in [0.3, 0.4) is 0 Å². The van der Waals surface area contributed by atoms with E-state index in [2.05, 4.69) is 16.4 Å². The minimum atomic E-state index is -2.41. The quantitative estimate of drug-likeness (QED) is 0.680. The van der Waals surface area contributed by atoms with Crippen molar-refractivity contribution < 1.29 is 18.7 Å². The second-order valence-corrected chi connectivity index (χ2v) is 5.75. The molecule has 0 aliphatic rings. The topological polar surface area (TPSA) is 55.8 Å². The van der Waals surface area contributed by atoms with Crippen molar-refractivity contribution >= 4 is 8.25 Å². The van der Waals surface area contributed by atoms with Crippen molar-refractivity contribution in [3.8, 4) is 11.8 Å². The second kappa shape index (κ2) is 8.53. The summed E-state index contributed by atoms with van der Waals surface area (Å²) in [6.45, 7) is 0.257. The van der Waals surface area contributed by atoms with Gasteiger partial charge in [-0.2, -0.15) is 0 Å². The Morgan fingerprint density at radius 3 is 2.45 bits per heavy atom. The van der Waals surface area contributed by atoms with Gasteiger partial charge in [-0.1, -0.05) is 36.1 Å². The highest BCUT2D eigenvalue weighted by molar-refractivity contribution is 7.33. The lowest BCUT2D eigenvalue weighted by Crippen LogP contribution is -1.88. The average Bonchev–Trinajstić information content (AvgIpc) is 2.58. The molecule has 22 heavy (non-hydrogen) atoms. The van der Waals surface area contributed by atoms with Crippen LogP contribution in [0.2, 0.25) is 0 Å². The van der Waals surface area contributed by atoms with Gasteiger partial charge in [0.15, 0.2) is 0 Å². The molecule has 1 unspecified atom stereocenters. The highest BCUT2D eigenvalue weighted by atomic mass is 31.1. The minimum Gasteiger partial charge on any atom is -0.392 e. The molecule has 1 N–H and O–H groups in total. The second-order valence-electron chi connectivity index (χ2n) is 4.55. The van der Waals surface area contributed by atoms with Crippen molar-refractivity contribution in [1.82, 2.24) is 0 Å². The predicted molar refractivity (Wildman–Crippen MR) is 85.6 cm³/mol. The first-order valence-electron chi connectivity index (χ1n) is 6.73. The lowest BCUT2D eigenvalue weighted by molar-refractivity contribution is 0.248. The molecule has 0 spiro atoms. The average molecular weight is 316 g/mol. The first-order valence-corrected chi connectivity index (χ1v) is 7.95.